The number of hydrogen-bond donors (Lipinski definition) is 1. The van der Waals surface area contributed by atoms with Gasteiger partial charge in [-0.3, -0.25) is 4.68 Å². The van der Waals surface area contributed by atoms with Crippen LogP contribution in [0.2, 0.25) is 0 Å². The van der Waals surface area contributed by atoms with Gasteiger partial charge in [0, 0.05) is 7.05 Å². The van der Waals surface area contributed by atoms with Gasteiger partial charge in [0.15, 0.2) is 5.82 Å². The van der Waals surface area contributed by atoms with Gasteiger partial charge in [0.05, 0.1) is 5.25 Å². The number of thiol groups is 1. The van der Waals surface area contributed by atoms with Crippen molar-refractivity contribution < 1.29 is 0 Å². The Labute approximate surface area is 65.9 Å². The van der Waals surface area contributed by atoms with E-state index >= 15 is 0 Å². The van der Waals surface area contributed by atoms with E-state index in [1.54, 1.807) is 11.0 Å². The van der Waals surface area contributed by atoms with Gasteiger partial charge in [-0.25, -0.2) is 4.98 Å². The summed E-state index contributed by atoms with van der Waals surface area (Å²) in [5, 5.41) is 4.29. The average molecular weight is 157 g/mol. The first-order valence-electron chi connectivity index (χ1n) is 3.27. The van der Waals surface area contributed by atoms with E-state index in [2.05, 4.69) is 29.6 Å². The molecule has 10 heavy (non-hydrogen) atoms. The predicted octanol–water partition coefficient (Wildman–Crippen LogP) is 1.20. The summed E-state index contributed by atoms with van der Waals surface area (Å²) in [7, 11) is 1.85. The molecule has 0 bridgehead atoms. The van der Waals surface area contributed by atoms with Crippen molar-refractivity contribution in [1.82, 2.24) is 14.8 Å². The van der Waals surface area contributed by atoms with E-state index in [1.165, 1.54) is 0 Å². The molecule has 0 fully saturated rings. The molecule has 0 aliphatic carbocycles. The molecule has 0 spiro atoms. The molecule has 0 radical (unpaired) electrons. The van der Waals surface area contributed by atoms with E-state index < -0.39 is 0 Å². The normalized spacial score (nSPS) is 13.5. The third-order valence-corrected chi connectivity index (χ3v) is 1.90. The summed E-state index contributed by atoms with van der Waals surface area (Å²) >= 11 is 4.29. The minimum atomic E-state index is 0.182. The summed E-state index contributed by atoms with van der Waals surface area (Å²) in [6, 6.07) is 0. The van der Waals surface area contributed by atoms with E-state index in [4.69, 9.17) is 0 Å². The van der Waals surface area contributed by atoms with Crippen LogP contribution in [-0.2, 0) is 7.05 Å². The lowest BCUT2D eigenvalue weighted by Gasteiger charge is -1.98. The van der Waals surface area contributed by atoms with Gasteiger partial charge < -0.3 is 0 Å². The fourth-order valence-corrected chi connectivity index (χ4v) is 0.810. The molecule has 4 heteroatoms. The van der Waals surface area contributed by atoms with Gasteiger partial charge in [-0.05, 0) is 6.42 Å². The molecule has 0 aromatic carbocycles. The zero-order valence-corrected chi connectivity index (χ0v) is 7.05. The number of aryl methyl sites for hydroxylation is 1. The second-order valence-corrected chi connectivity index (χ2v) is 2.82. The highest BCUT2D eigenvalue weighted by Gasteiger charge is 2.06. The predicted molar refractivity (Wildman–Crippen MR) is 43.0 cm³/mol. The largest absolute Gasteiger partial charge is 0.256 e. The fraction of sp³-hybridized carbons (Fsp3) is 0.667. The van der Waals surface area contributed by atoms with Crippen LogP contribution in [0.15, 0.2) is 6.33 Å². The van der Waals surface area contributed by atoms with Crippen LogP contribution in [0.3, 0.4) is 0 Å². The molecule has 0 saturated carbocycles. The van der Waals surface area contributed by atoms with Gasteiger partial charge in [-0.2, -0.15) is 17.7 Å². The smallest absolute Gasteiger partial charge is 0.163 e. The Balaban J connectivity index is 2.74. The second kappa shape index (κ2) is 3.05. The lowest BCUT2D eigenvalue weighted by Crippen LogP contribution is -1.94. The van der Waals surface area contributed by atoms with Crippen LogP contribution in [0.25, 0.3) is 0 Å². The van der Waals surface area contributed by atoms with Gasteiger partial charge in [-0.1, -0.05) is 6.92 Å². The van der Waals surface area contributed by atoms with Gasteiger partial charge in [0.25, 0.3) is 0 Å². The molecule has 1 aromatic heterocycles. The van der Waals surface area contributed by atoms with Crippen LogP contribution in [-0.4, -0.2) is 14.8 Å². The molecule has 1 aromatic rings. The van der Waals surface area contributed by atoms with Gasteiger partial charge in [0.2, 0.25) is 0 Å². The standard InChI is InChI=1S/C6H11N3S/c1-3-5(10)6-7-4-9(2)8-6/h4-5,10H,3H2,1-2H3. The first-order chi connectivity index (χ1) is 4.74. The van der Waals surface area contributed by atoms with Crippen molar-refractivity contribution in [2.45, 2.75) is 18.6 Å². The summed E-state index contributed by atoms with van der Waals surface area (Å²) in [5.74, 6) is 0.813. The number of nitrogens with zero attached hydrogens (tertiary/aromatic N) is 3. The lowest BCUT2D eigenvalue weighted by molar-refractivity contribution is 0.728. The summed E-state index contributed by atoms with van der Waals surface area (Å²) in [4.78, 5) is 4.06. The molecular weight excluding hydrogens is 146 g/mol. The minimum Gasteiger partial charge on any atom is -0.256 e. The van der Waals surface area contributed by atoms with Gasteiger partial charge in [-0.15, -0.1) is 0 Å². The highest BCUT2D eigenvalue weighted by molar-refractivity contribution is 7.80. The van der Waals surface area contributed by atoms with Crippen LogP contribution in [0.5, 0.6) is 0 Å². The molecule has 1 heterocycles. The van der Waals surface area contributed by atoms with Crippen LogP contribution in [0.1, 0.15) is 24.4 Å². The minimum absolute atomic E-state index is 0.182. The first kappa shape index (κ1) is 7.60. The Kier molecular flexibility index (Phi) is 2.32. The second-order valence-electron chi connectivity index (χ2n) is 2.20. The Morgan fingerprint density at radius 3 is 2.90 bits per heavy atom. The molecule has 0 saturated heterocycles. The molecular formula is C6H11N3S. The molecule has 1 unspecified atom stereocenters. The van der Waals surface area contributed by atoms with Crippen molar-refractivity contribution in [3.05, 3.63) is 12.2 Å². The molecule has 0 amide bonds. The molecule has 0 aliphatic rings. The van der Waals surface area contributed by atoms with Crippen molar-refractivity contribution in [2.75, 3.05) is 0 Å². The third-order valence-electron chi connectivity index (χ3n) is 1.30. The van der Waals surface area contributed by atoms with Crippen molar-refractivity contribution in [1.29, 1.82) is 0 Å². The quantitative estimate of drug-likeness (QED) is 0.654. The third kappa shape index (κ3) is 1.50. The maximum atomic E-state index is 4.29. The maximum absolute atomic E-state index is 4.29. The highest BCUT2D eigenvalue weighted by atomic mass is 32.1. The van der Waals surface area contributed by atoms with Crippen molar-refractivity contribution >= 4 is 12.6 Å². The zero-order chi connectivity index (χ0) is 7.56. The average Bonchev–Trinajstić information content (AvgIpc) is 2.34. The first-order valence-corrected chi connectivity index (χ1v) is 3.79. The Morgan fingerprint density at radius 2 is 2.50 bits per heavy atom. The van der Waals surface area contributed by atoms with Crippen LogP contribution >= 0.6 is 12.6 Å². The number of aromatic nitrogens is 3. The zero-order valence-electron chi connectivity index (χ0n) is 6.15. The van der Waals surface area contributed by atoms with E-state index in [1.807, 2.05) is 7.05 Å². The SMILES string of the molecule is CCC(S)c1ncn(C)n1. The Bertz CT molecular complexity index is 209. The molecule has 1 atom stereocenters. The highest BCUT2D eigenvalue weighted by Crippen LogP contribution is 2.17. The molecule has 0 aliphatic heterocycles. The summed E-state index contributed by atoms with van der Waals surface area (Å²) in [5.41, 5.74) is 0. The summed E-state index contributed by atoms with van der Waals surface area (Å²) < 4.78 is 1.69. The van der Waals surface area contributed by atoms with Gasteiger partial charge >= 0.3 is 0 Å². The molecule has 0 N–H and O–H groups in total. The van der Waals surface area contributed by atoms with Gasteiger partial charge in [0.1, 0.15) is 6.33 Å². The van der Waals surface area contributed by atoms with Crippen LogP contribution < -0.4 is 0 Å². The van der Waals surface area contributed by atoms with E-state index in [0.29, 0.717) is 0 Å². The molecule has 1 rings (SSSR count). The fourth-order valence-electron chi connectivity index (χ4n) is 0.691. The lowest BCUT2D eigenvalue weighted by atomic mass is 10.3. The monoisotopic (exact) mass is 157 g/mol. The molecule has 56 valence electrons. The maximum Gasteiger partial charge on any atom is 0.163 e. The topological polar surface area (TPSA) is 30.7 Å². The van der Waals surface area contributed by atoms with Crippen LogP contribution in [0, 0.1) is 0 Å². The molecule has 3 nitrogen and oxygen atoms in total. The van der Waals surface area contributed by atoms with Crippen LogP contribution in [0.4, 0.5) is 0 Å². The summed E-state index contributed by atoms with van der Waals surface area (Å²) in [6.07, 6.45) is 2.65. The van der Waals surface area contributed by atoms with E-state index in [0.717, 1.165) is 12.2 Å². The number of rotatable bonds is 2. The van der Waals surface area contributed by atoms with Crippen molar-refractivity contribution in [3.63, 3.8) is 0 Å². The summed E-state index contributed by atoms with van der Waals surface area (Å²) in [6.45, 7) is 2.06. The Hall–Kier alpha value is -0.510. The van der Waals surface area contributed by atoms with Crippen molar-refractivity contribution in [2.24, 2.45) is 7.05 Å². The van der Waals surface area contributed by atoms with E-state index in [-0.39, 0.29) is 5.25 Å². The van der Waals surface area contributed by atoms with E-state index in [9.17, 15) is 0 Å². The Morgan fingerprint density at radius 1 is 1.80 bits per heavy atom. The number of hydrogen-bond acceptors (Lipinski definition) is 3. The van der Waals surface area contributed by atoms with Crippen molar-refractivity contribution in [3.8, 4) is 0 Å².